The van der Waals surface area contributed by atoms with E-state index in [4.69, 9.17) is 0 Å². The molecule has 1 fully saturated rings. The van der Waals surface area contributed by atoms with Crippen LogP contribution in [0.25, 0.3) is 10.9 Å². The van der Waals surface area contributed by atoms with Gasteiger partial charge in [0.25, 0.3) is 0 Å². The molecule has 0 unspecified atom stereocenters. The number of para-hydroxylation sites is 1. The van der Waals surface area contributed by atoms with Crippen LogP contribution in [0.1, 0.15) is 5.56 Å². The maximum atomic E-state index is 13.9. The molecule has 1 amide bonds. The molecule has 0 atom stereocenters. The van der Waals surface area contributed by atoms with E-state index in [0.717, 1.165) is 22.5 Å². The third-order valence-electron chi connectivity index (χ3n) is 5.06. The number of carbonyl (C=O) groups excluding carboxylic acids is 1. The van der Waals surface area contributed by atoms with Crippen LogP contribution in [0, 0.1) is 5.82 Å². The highest BCUT2D eigenvalue weighted by molar-refractivity contribution is 7.89. The Bertz CT molecular complexity index is 1120. The van der Waals surface area contributed by atoms with Crippen LogP contribution in [0.3, 0.4) is 0 Å². The van der Waals surface area contributed by atoms with Gasteiger partial charge in [-0.3, -0.25) is 4.79 Å². The van der Waals surface area contributed by atoms with Crippen molar-refractivity contribution in [3.05, 3.63) is 66.1 Å². The van der Waals surface area contributed by atoms with Gasteiger partial charge in [-0.15, -0.1) is 0 Å². The Kier molecular flexibility index (Phi) is 4.91. The minimum atomic E-state index is -3.91. The van der Waals surface area contributed by atoms with Crippen LogP contribution >= 0.6 is 0 Å². The monoisotopic (exact) mass is 401 g/mol. The van der Waals surface area contributed by atoms with E-state index in [1.54, 1.807) is 4.90 Å². The van der Waals surface area contributed by atoms with Crippen LogP contribution in [0.15, 0.2) is 59.6 Å². The zero-order chi connectivity index (χ0) is 19.7. The number of hydrogen-bond donors (Lipinski definition) is 1. The zero-order valence-electron chi connectivity index (χ0n) is 15.1. The number of sulfonamides is 1. The summed E-state index contributed by atoms with van der Waals surface area (Å²) in [5, 5.41) is 1.01. The summed E-state index contributed by atoms with van der Waals surface area (Å²) >= 11 is 0. The largest absolute Gasteiger partial charge is 0.361 e. The van der Waals surface area contributed by atoms with E-state index < -0.39 is 15.8 Å². The molecule has 1 saturated heterocycles. The number of fused-ring (bicyclic) bond motifs is 1. The first-order chi connectivity index (χ1) is 13.5. The van der Waals surface area contributed by atoms with Crippen molar-refractivity contribution >= 4 is 26.8 Å². The lowest BCUT2D eigenvalue weighted by Crippen LogP contribution is -2.51. The summed E-state index contributed by atoms with van der Waals surface area (Å²) in [7, 11) is -3.91. The maximum absolute atomic E-state index is 13.9. The molecular weight excluding hydrogens is 381 g/mol. The average Bonchev–Trinajstić information content (AvgIpc) is 3.11. The molecule has 0 spiro atoms. The van der Waals surface area contributed by atoms with E-state index >= 15 is 0 Å². The maximum Gasteiger partial charge on any atom is 0.246 e. The van der Waals surface area contributed by atoms with Gasteiger partial charge in [0.1, 0.15) is 10.7 Å². The molecule has 0 bridgehead atoms. The molecule has 0 saturated carbocycles. The lowest BCUT2D eigenvalue weighted by Gasteiger charge is -2.34. The van der Waals surface area contributed by atoms with Gasteiger partial charge in [0, 0.05) is 43.3 Å². The molecule has 1 aromatic heterocycles. The summed E-state index contributed by atoms with van der Waals surface area (Å²) in [6, 6.07) is 13.1. The SMILES string of the molecule is O=C(Cc1c[nH]c2ccccc12)N1CCN(S(=O)(=O)c2ccccc2F)CC1. The molecule has 8 heteroatoms. The number of aromatic amines is 1. The Hall–Kier alpha value is -2.71. The highest BCUT2D eigenvalue weighted by Crippen LogP contribution is 2.22. The number of H-pyrrole nitrogens is 1. The number of rotatable bonds is 4. The Morgan fingerprint density at radius 1 is 1.00 bits per heavy atom. The Morgan fingerprint density at radius 3 is 2.43 bits per heavy atom. The molecule has 146 valence electrons. The van der Waals surface area contributed by atoms with Crippen molar-refractivity contribution in [1.29, 1.82) is 0 Å². The van der Waals surface area contributed by atoms with Gasteiger partial charge in [-0.2, -0.15) is 4.31 Å². The van der Waals surface area contributed by atoms with Crippen molar-refractivity contribution in [2.75, 3.05) is 26.2 Å². The van der Waals surface area contributed by atoms with Crippen molar-refractivity contribution in [3.63, 3.8) is 0 Å². The Balaban J connectivity index is 1.42. The fourth-order valence-electron chi connectivity index (χ4n) is 3.52. The molecule has 2 aromatic carbocycles. The number of hydrogen-bond acceptors (Lipinski definition) is 3. The van der Waals surface area contributed by atoms with Gasteiger partial charge < -0.3 is 9.88 Å². The normalized spacial score (nSPS) is 15.8. The summed E-state index contributed by atoms with van der Waals surface area (Å²) < 4.78 is 40.5. The quantitative estimate of drug-likeness (QED) is 0.730. The van der Waals surface area contributed by atoms with Gasteiger partial charge in [0.15, 0.2) is 0 Å². The van der Waals surface area contributed by atoms with Crippen LogP contribution in [0.4, 0.5) is 4.39 Å². The van der Waals surface area contributed by atoms with Crippen molar-refractivity contribution in [2.45, 2.75) is 11.3 Å². The molecule has 1 aliphatic heterocycles. The molecule has 2 heterocycles. The topological polar surface area (TPSA) is 73.5 Å². The number of piperazine rings is 1. The Morgan fingerprint density at radius 2 is 1.68 bits per heavy atom. The summed E-state index contributed by atoms with van der Waals surface area (Å²) in [5.41, 5.74) is 1.90. The molecule has 0 aliphatic carbocycles. The van der Waals surface area contributed by atoms with E-state index in [0.29, 0.717) is 0 Å². The van der Waals surface area contributed by atoms with Gasteiger partial charge >= 0.3 is 0 Å². The van der Waals surface area contributed by atoms with E-state index in [2.05, 4.69) is 4.98 Å². The predicted molar refractivity (Wildman–Crippen MR) is 104 cm³/mol. The number of nitrogens with zero attached hydrogens (tertiary/aromatic N) is 2. The van der Waals surface area contributed by atoms with Gasteiger partial charge in [0.2, 0.25) is 15.9 Å². The fourth-order valence-corrected chi connectivity index (χ4v) is 5.01. The molecule has 1 aliphatic rings. The molecule has 4 rings (SSSR count). The lowest BCUT2D eigenvalue weighted by molar-refractivity contribution is -0.131. The van der Waals surface area contributed by atoms with E-state index in [1.807, 2.05) is 30.5 Å². The molecule has 1 N–H and O–H groups in total. The van der Waals surface area contributed by atoms with Crippen LogP contribution in [0.5, 0.6) is 0 Å². The summed E-state index contributed by atoms with van der Waals surface area (Å²) in [6.45, 7) is 0.871. The average molecular weight is 401 g/mol. The zero-order valence-corrected chi connectivity index (χ0v) is 16.0. The van der Waals surface area contributed by atoms with Gasteiger partial charge in [-0.1, -0.05) is 30.3 Å². The predicted octanol–water partition coefficient (Wildman–Crippen LogP) is 2.38. The number of nitrogens with one attached hydrogen (secondary N) is 1. The van der Waals surface area contributed by atoms with Crippen LogP contribution < -0.4 is 0 Å². The number of halogens is 1. The van der Waals surface area contributed by atoms with Crippen molar-refractivity contribution in [1.82, 2.24) is 14.2 Å². The standard InChI is InChI=1S/C20H20FN3O3S/c21-17-6-2-4-8-19(17)28(26,27)24-11-9-23(10-12-24)20(25)13-15-14-22-18-7-3-1-5-16(15)18/h1-8,14,22H,9-13H2. The minimum absolute atomic E-state index is 0.0484. The first kappa shape index (κ1) is 18.6. The van der Waals surface area contributed by atoms with Gasteiger partial charge in [-0.05, 0) is 23.8 Å². The number of aromatic nitrogens is 1. The van der Waals surface area contributed by atoms with E-state index in [-0.39, 0.29) is 43.4 Å². The molecule has 0 radical (unpaired) electrons. The van der Waals surface area contributed by atoms with E-state index in [9.17, 15) is 17.6 Å². The van der Waals surface area contributed by atoms with Crippen LogP contribution in [-0.4, -0.2) is 54.7 Å². The lowest BCUT2D eigenvalue weighted by atomic mass is 10.1. The van der Waals surface area contributed by atoms with Gasteiger partial charge in [-0.25, -0.2) is 12.8 Å². The minimum Gasteiger partial charge on any atom is -0.361 e. The fraction of sp³-hybridized carbons (Fsp3) is 0.250. The number of carbonyl (C=O) groups is 1. The third-order valence-corrected chi connectivity index (χ3v) is 6.99. The van der Waals surface area contributed by atoms with Crippen LogP contribution in [0.2, 0.25) is 0 Å². The smallest absolute Gasteiger partial charge is 0.246 e. The van der Waals surface area contributed by atoms with Crippen molar-refractivity contribution in [2.24, 2.45) is 0 Å². The van der Waals surface area contributed by atoms with Crippen molar-refractivity contribution in [3.8, 4) is 0 Å². The molecule has 28 heavy (non-hydrogen) atoms. The van der Waals surface area contributed by atoms with Crippen LogP contribution in [-0.2, 0) is 21.2 Å². The Labute approximate surface area is 162 Å². The second-order valence-electron chi connectivity index (χ2n) is 6.75. The number of amides is 1. The summed E-state index contributed by atoms with van der Waals surface area (Å²) in [4.78, 5) is 17.2. The summed E-state index contributed by atoms with van der Waals surface area (Å²) in [5.74, 6) is -0.812. The highest BCUT2D eigenvalue weighted by Gasteiger charge is 2.31. The second kappa shape index (κ2) is 7.37. The third kappa shape index (κ3) is 3.41. The highest BCUT2D eigenvalue weighted by atomic mass is 32.2. The molecule has 3 aromatic rings. The first-order valence-electron chi connectivity index (χ1n) is 9.04. The summed E-state index contributed by atoms with van der Waals surface area (Å²) in [6.07, 6.45) is 2.09. The first-order valence-corrected chi connectivity index (χ1v) is 10.5. The van der Waals surface area contributed by atoms with E-state index in [1.165, 1.54) is 22.5 Å². The second-order valence-corrected chi connectivity index (χ2v) is 8.66. The molecule has 6 nitrogen and oxygen atoms in total. The molecular formula is C20H20FN3O3S. The van der Waals surface area contributed by atoms with Crippen molar-refractivity contribution < 1.29 is 17.6 Å². The van der Waals surface area contributed by atoms with Gasteiger partial charge in [0.05, 0.1) is 6.42 Å². The number of benzene rings is 2.